The summed E-state index contributed by atoms with van der Waals surface area (Å²) in [4.78, 5) is 0.807. The molecule has 0 bridgehead atoms. The largest absolute Gasteiger partial charge is 0.219 e. The Morgan fingerprint density at radius 2 is 1.59 bits per heavy atom. The summed E-state index contributed by atoms with van der Waals surface area (Å²) in [5.41, 5.74) is 1.06. The Hall–Kier alpha value is -1.35. The smallest absolute Gasteiger partial charge is 0.206 e. The molecule has 122 valence electrons. The van der Waals surface area contributed by atoms with Crippen molar-refractivity contribution < 1.29 is 8.42 Å². The van der Waals surface area contributed by atoms with E-state index in [2.05, 4.69) is 13.8 Å². The van der Waals surface area contributed by atoms with E-state index in [9.17, 15) is 8.42 Å². The third-order valence-electron chi connectivity index (χ3n) is 3.55. The maximum absolute atomic E-state index is 12.8. The van der Waals surface area contributed by atoms with Gasteiger partial charge in [0.15, 0.2) is 0 Å². The number of aryl methyl sites for hydroxylation is 1. The predicted octanol–water partition coefficient (Wildman–Crippen LogP) is 5.59. The lowest BCUT2D eigenvalue weighted by atomic mass is 10.2. The van der Waals surface area contributed by atoms with Gasteiger partial charge in [-0.05, 0) is 38.0 Å². The third-order valence-corrected chi connectivity index (χ3v) is 5.37. The van der Waals surface area contributed by atoms with Crippen LogP contribution in [0.3, 0.4) is 0 Å². The third kappa shape index (κ3) is 5.80. The van der Waals surface area contributed by atoms with Crippen LogP contribution in [0.4, 0.5) is 0 Å². The van der Waals surface area contributed by atoms with Gasteiger partial charge in [0.05, 0.1) is 9.80 Å². The monoisotopic (exact) mass is 320 g/mol. The summed E-state index contributed by atoms with van der Waals surface area (Å²) in [6, 6.07) is 7.07. The maximum Gasteiger partial charge on any atom is 0.206 e. The van der Waals surface area contributed by atoms with Crippen molar-refractivity contribution in [3.8, 4) is 0 Å². The lowest BCUT2D eigenvalue weighted by Gasteiger charge is -2.07. The van der Waals surface area contributed by atoms with Gasteiger partial charge in [0.25, 0.3) is 0 Å². The standard InChI is InChI=1S/C19H28O2S/c1-4-6-8-10-12-18(11-9-7-5-2)22(20,21)19-15-13-17(3)14-16-19/h10-16H,4-9H2,1-3H3/b12-10+,18-11-. The summed E-state index contributed by atoms with van der Waals surface area (Å²) in [6.07, 6.45) is 11.6. The molecule has 0 spiro atoms. The average molecular weight is 320 g/mol. The average Bonchev–Trinajstić information content (AvgIpc) is 2.50. The van der Waals surface area contributed by atoms with E-state index in [1.165, 1.54) is 0 Å². The molecule has 0 heterocycles. The van der Waals surface area contributed by atoms with E-state index in [0.29, 0.717) is 9.80 Å². The Kier molecular flexibility index (Phi) is 8.18. The van der Waals surface area contributed by atoms with Crippen molar-refractivity contribution in [1.82, 2.24) is 0 Å². The molecule has 0 fully saturated rings. The van der Waals surface area contributed by atoms with E-state index in [1.54, 1.807) is 18.2 Å². The van der Waals surface area contributed by atoms with Gasteiger partial charge >= 0.3 is 0 Å². The van der Waals surface area contributed by atoms with Crippen molar-refractivity contribution in [3.05, 3.63) is 53.0 Å². The zero-order chi connectivity index (χ0) is 16.4. The minimum absolute atomic E-state index is 0.376. The van der Waals surface area contributed by atoms with Gasteiger partial charge in [0, 0.05) is 0 Å². The number of hydrogen-bond donors (Lipinski definition) is 0. The SMILES string of the molecule is CCCC/C=C(/C=C/CCCC)S(=O)(=O)c1ccc(C)cc1. The zero-order valence-corrected chi connectivity index (χ0v) is 14.8. The van der Waals surface area contributed by atoms with Gasteiger partial charge in [-0.2, -0.15) is 0 Å². The fourth-order valence-electron chi connectivity index (χ4n) is 2.09. The van der Waals surface area contributed by atoms with Crippen LogP contribution in [0.15, 0.2) is 52.3 Å². The lowest BCUT2D eigenvalue weighted by Crippen LogP contribution is -2.03. The summed E-state index contributed by atoms with van der Waals surface area (Å²) in [7, 11) is -3.41. The Morgan fingerprint density at radius 1 is 1.00 bits per heavy atom. The Morgan fingerprint density at radius 3 is 2.18 bits per heavy atom. The summed E-state index contributed by atoms with van der Waals surface area (Å²) in [6.45, 7) is 6.20. The molecule has 0 amide bonds. The molecule has 0 unspecified atom stereocenters. The highest BCUT2D eigenvalue weighted by Gasteiger charge is 2.18. The molecule has 0 saturated heterocycles. The molecule has 0 saturated carbocycles. The molecule has 0 aromatic heterocycles. The van der Waals surface area contributed by atoms with Crippen molar-refractivity contribution in [2.75, 3.05) is 0 Å². The van der Waals surface area contributed by atoms with E-state index in [-0.39, 0.29) is 0 Å². The minimum Gasteiger partial charge on any atom is -0.219 e. The lowest BCUT2D eigenvalue weighted by molar-refractivity contribution is 0.602. The highest BCUT2D eigenvalue weighted by Crippen LogP contribution is 2.22. The first-order valence-corrected chi connectivity index (χ1v) is 9.69. The van der Waals surface area contributed by atoms with Crippen LogP contribution in [-0.4, -0.2) is 8.42 Å². The zero-order valence-electron chi connectivity index (χ0n) is 14.0. The number of hydrogen-bond acceptors (Lipinski definition) is 2. The Balaban J connectivity index is 3.04. The van der Waals surface area contributed by atoms with Crippen LogP contribution in [0.2, 0.25) is 0 Å². The highest BCUT2D eigenvalue weighted by atomic mass is 32.2. The summed E-state index contributed by atoms with van der Waals surface area (Å²) in [5, 5.41) is 0. The normalized spacial score (nSPS) is 13.0. The van der Waals surface area contributed by atoms with Crippen molar-refractivity contribution >= 4 is 9.84 Å². The van der Waals surface area contributed by atoms with Gasteiger partial charge in [-0.3, -0.25) is 0 Å². The fourth-order valence-corrected chi connectivity index (χ4v) is 3.47. The molecule has 1 aromatic carbocycles. The van der Waals surface area contributed by atoms with E-state index < -0.39 is 9.84 Å². The van der Waals surface area contributed by atoms with Crippen LogP contribution in [0.5, 0.6) is 0 Å². The minimum atomic E-state index is -3.41. The molecular formula is C19H28O2S. The van der Waals surface area contributed by atoms with Gasteiger partial charge in [-0.25, -0.2) is 8.42 Å². The van der Waals surface area contributed by atoms with Gasteiger partial charge < -0.3 is 0 Å². The molecular weight excluding hydrogens is 292 g/mol. The number of rotatable bonds is 9. The van der Waals surface area contributed by atoms with Crippen molar-refractivity contribution in [2.24, 2.45) is 0 Å². The molecule has 22 heavy (non-hydrogen) atoms. The van der Waals surface area contributed by atoms with Crippen LogP contribution in [0.25, 0.3) is 0 Å². The van der Waals surface area contributed by atoms with Crippen LogP contribution >= 0.6 is 0 Å². The number of sulfone groups is 1. The van der Waals surface area contributed by atoms with Gasteiger partial charge in [-0.1, -0.05) is 69.4 Å². The second-order valence-corrected chi connectivity index (χ2v) is 7.56. The molecule has 0 radical (unpaired) electrons. The van der Waals surface area contributed by atoms with Crippen molar-refractivity contribution in [3.63, 3.8) is 0 Å². The van der Waals surface area contributed by atoms with Crippen molar-refractivity contribution in [2.45, 2.75) is 64.2 Å². The van der Waals surface area contributed by atoms with Crippen molar-refractivity contribution in [1.29, 1.82) is 0 Å². The molecule has 0 aliphatic rings. The van der Waals surface area contributed by atoms with E-state index in [1.807, 2.05) is 31.2 Å². The topological polar surface area (TPSA) is 34.1 Å². The first-order chi connectivity index (χ1) is 10.5. The van der Waals surface area contributed by atoms with Crippen LogP contribution in [0.1, 0.15) is 57.9 Å². The highest BCUT2D eigenvalue weighted by molar-refractivity contribution is 7.95. The van der Waals surface area contributed by atoms with Gasteiger partial charge in [0.2, 0.25) is 9.84 Å². The molecule has 0 N–H and O–H groups in total. The molecule has 0 atom stereocenters. The maximum atomic E-state index is 12.8. The molecule has 1 aromatic rings. The second-order valence-electron chi connectivity index (χ2n) is 5.61. The summed E-state index contributed by atoms with van der Waals surface area (Å²) < 4.78 is 25.6. The number of allylic oxidation sites excluding steroid dienone is 3. The second kappa shape index (κ2) is 9.62. The van der Waals surface area contributed by atoms with Gasteiger partial charge in [-0.15, -0.1) is 0 Å². The van der Waals surface area contributed by atoms with E-state index in [0.717, 1.165) is 44.1 Å². The molecule has 0 aliphatic carbocycles. The first-order valence-electron chi connectivity index (χ1n) is 8.20. The van der Waals surface area contributed by atoms with Crippen LogP contribution in [0, 0.1) is 6.92 Å². The predicted molar refractivity (Wildman–Crippen MR) is 94.6 cm³/mol. The quantitative estimate of drug-likeness (QED) is 0.439. The molecule has 2 nitrogen and oxygen atoms in total. The Labute approximate surface area is 135 Å². The van der Waals surface area contributed by atoms with E-state index >= 15 is 0 Å². The van der Waals surface area contributed by atoms with E-state index in [4.69, 9.17) is 0 Å². The fraction of sp³-hybridized carbons (Fsp3) is 0.474. The Bertz CT molecular complexity index is 593. The van der Waals surface area contributed by atoms with Crippen LogP contribution < -0.4 is 0 Å². The summed E-state index contributed by atoms with van der Waals surface area (Å²) >= 11 is 0. The molecule has 0 aliphatic heterocycles. The summed E-state index contributed by atoms with van der Waals surface area (Å²) in [5.74, 6) is 0. The number of benzene rings is 1. The number of unbranched alkanes of at least 4 members (excludes halogenated alkanes) is 4. The first kappa shape index (κ1) is 18.7. The molecule has 3 heteroatoms. The van der Waals surface area contributed by atoms with Gasteiger partial charge in [0.1, 0.15) is 0 Å². The van der Waals surface area contributed by atoms with Crippen LogP contribution in [-0.2, 0) is 9.84 Å². The molecule has 1 rings (SSSR count).